The number of methoxy groups -OCH3 is 2. The molecule has 0 aliphatic carbocycles. The summed E-state index contributed by atoms with van der Waals surface area (Å²) in [6.45, 7) is 8.32. The van der Waals surface area contributed by atoms with Crippen LogP contribution >= 0.6 is 0 Å². The fourth-order valence-corrected chi connectivity index (χ4v) is 3.67. The molecule has 24 heavy (non-hydrogen) atoms. The minimum atomic E-state index is -0.538. The van der Waals surface area contributed by atoms with Gasteiger partial charge in [0.1, 0.15) is 11.1 Å². The number of esters is 2. The van der Waals surface area contributed by atoms with Crippen LogP contribution in [0.25, 0.3) is 16.6 Å². The standard InChI is InChI=1S/C19H21NO4/c1-10-11-8-7-9-12-13(17(21)23-5)14(18(22)24-6)16(20(11)12)15(10)19(2,3)4/h7-9H,1-6H3. The van der Waals surface area contributed by atoms with Crippen LogP contribution in [0.15, 0.2) is 18.2 Å². The SMILES string of the molecule is COC(=O)c1c(C(=O)OC)c2c(C(C)(C)C)c(C)c3cccc1n32. The lowest BCUT2D eigenvalue weighted by atomic mass is 9.84. The molecule has 0 saturated heterocycles. The number of hydrogen-bond donors (Lipinski definition) is 0. The van der Waals surface area contributed by atoms with Gasteiger partial charge in [0.25, 0.3) is 0 Å². The van der Waals surface area contributed by atoms with Gasteiger partial charge in [0.15, 0.2) is 0 Å². The van der Waals surface area contributed by atoms with Crippen LogP contribution in [0.2, 0.25) is 0 Å². The maximum atomic E-state index is 12.5. The Morgan fingerprint density at radius 3 is 2.04 bits per heavy atom. The second-order valence-electron chi connectivity index (χ2n) is 6.96. The van der Waals surface area contributed by atoms with E-state index in [0.717, 1.165) is 22.2 Å². The molecular weight excluding hydrogens is 306 g/mol. The highest BCUT2D eigenvalue weighted by Crippen LogP contribution is 2.41. The molecule has 0 spiro atoms. The largest absolute Gasteiger partial charge is 0.465 e. The average molecular weight is 327 g/mol. The van der Waals surface area contributed by atoms with Gasteiger partial charge in [0.2, 0.25) is 0 Å². The smallest absolute Gasteiger partial charge is 0.340 e. The van der Waals surface area contributed by atoms with Gasteiger partial charge in [-0.3, -0.25) is 0 Å². The Hall–Kier alpha value is -2.56. The molecule has 0 radical (unpaired) electrons. The molecule has 0 saturated carbocycles. The van der Waals surface area contributed by atoms with Crippen LogP contribution in [0.1, 0.15) is 52.6 Å². The first-order chi connectivity index (χ1) is 11.2. The molecule has 5 nitrogen and oxygen atoms in total. The van der Waals surface area contributed by atoms with Crippen molar-refractivity contribution in [2.45, 2.75) is 33.1 Å². The monoisotopic (exact) mass is 327 g/mol. The summed E-state index contributed by atoms with van der Waals surface area (Å²) in [4.78, 5) is 24.9. The van der Waals surface area contributed by atoms with E-state index in [1.165, 1.54) is 14.2 Å². The first kappa shape index (κ1) is 16.3. The van der Waals surface area contributed by atoms with Crippen LogP contribution in [-0.2, 0) is 14.9 Å². The number of ether oxygens (including phenoxy) is 2. The lowest BCUT2D eigenvalue weighted by Gasteiger charge is -2.20. The first-order valence-electron chi connectivity index (χ1n) is 7.80. The van der Waals surface area contributed by atoms with E-state index in [9.17, 15) is 9.59 Å². The normalized spacial score (nSPS) is 12.1. The lowest BCUT2D eigenvalue weighted by Crippen LogP contribution is -2.15. The van der Waals surface area contributed by atoms with E-state index in [2.05, 4.69) is 20.8 Å². The summed E-state index contributed by atoms with van der Waals surface area (Å²) in [7, 11) is 2.63. The lowest BCUT2D eigenvalue weighted by molar-refractivity contribution is 0.0559. The van der Waals surface area contributed by atoms with Gasteiger partial charge in [-0.1, -0.05) is 26.8 Å². The molecule has 5 heteroatoms. The van der Waals surface area contributed by atoms with Crippen molar-refractivity contribution in [3.05, 3.63) is 40.5 Å². The van der Waals surface area contributed by atoms with Gasteiger partial charge in [0, 0.05) is 5.52 Å². The molecule has 0 atom stereocenters. The van der Waals surface area contributed by atoms with E-state index < -0.39 is 11.9 Å². The van der Waals surface area contributed by atoms with Crippen molar-refractivity contribution in [1.29, 1.82) is 0 Å². The Labute approximate surface area is 140 Å². The third-order valence-corrected chi connectivity index (χ3v) is 4.48. The maximum absolute atomic E-state index is 12.5. The number of carbonyl (C=O) groups is 2. The Bertz CT molecular complexity index is 959. The van der Waals surface area contributed by atoms with Crippen LogP contribution < -0.4 is 0 Å². The fraction of sp³-hybridized carbons (Fsp3) is 0.368. The van der Waals surface area contributed by atoms with Crippen molar-refractivity contribution in [2.75, 3.05) is 14.2 Å². The summed E-state index contributed by atoms with van der Waals surface area (Å²) >= 11 is 0. The van der Waals surface area contributed by atoms with Crippen LogP contribution in [0.4, 0.5) is 0 Å². The molecule has 0 bridgehead atoms. The van der Waals surface area contributed by atoms with Gasteiger partial charge >= 0.3 is 11.9 Å². The Morgan fingerprint density at radius 1 is 0.958 bits per heavy atom. The third kappa shape index (κ3) is 2.00. The fourth-order valence-electron chi connectivity index (χ4n) is 3.67. The maximum Gasteiger partial charge on any atom is 0.340 e. The van der Waals surface area contributed by atoms with E-state index in [-0.39, 0.29) is 16.5 Å². The van der Waals surface area contributed by atoms with E-state index in [0.29, 0.717) is 5.52 Å². The van der Waals surface area contributed by atoms with Gasteiger partial charge in [-0.2, -0.15) is 0 Å². The summed E-state index contributed by atoms with van der Waals surface area (Å²) in [5.41, 5.74) is 4.85. The van der Waals surface area contributed by atoms with Crippen molar-refractivity contribution in [2.24, 2.45) is 0 Å². The minimum Gasteiger partial charge on any atom is -0.465 e. The van der Waals surface area contributed by atoms with E-state index >= 15 is 0 Å². The third-order valence-electron chi connectivity index (χ3n) is 4.48. The number of pyridine rings is 1. The summed E-state index contributed by atoms with van der Waals surface area (Å²) in [5, 5.41) is 0. The highest BCUT2D eigenvalue weighted by atomic mass is 16.5. The van der Waals surface area contributed by atoms with Crippen LogP contribution in [0.5, 0.6) is 0 Å². The minimum absolute atomic E-state index is 0.201. The highest BCUT2D eigenvalue weighted by molar-refractivity contribution is 6.15. The molecule has 3 aromatic rings. The Kier molecular flexibility index (Phi) is 3.55. The zero-order chi connectivity index (χ0) is 17.8. The van der Waals surface area contributed by atoms with Crippen LogP contribution in [0.3, 0.4) is 0 Å². The number of carbonyl (C=O) groups excluding carboxylic acids is 2. The van der Waals surface area contributed by atoms with Gasteiger partial charge in [0.05, 0.1) is 25.3 Å². The number of hydrogen-bond acceptors (Lipinski definition) is 4. The Morgan fingerprint density at radius 2 is 1.50 bits per heavy atom. The Balaban J connectivity index is 2.64. The summed E-state index contributed by atoms with van der Waals surface area (Å²) in [6, 6.07) is 5.70. The molecule has 0 unspecified atom stereocenters. The quantitative estimate of drug-likeness (QED) is 0.673. The van der Waals surface area contributed by atoms with E-state index in [1.807, 2.05) is 29.5 Å². The summed E-state index contributed by atoms with van der Waals surface area (Å²) in [6.07, 6.45) is 0. The molecule has 0 fully saturated rings. The zero-order valence-corrected chi connectivity index (χ0v) is 14.8. The van der Waals surface area contributed by atoms with E-state index in [1.54, 1.807) is 0 Å². The number of aromatic nitrogens is 1. The predicted octanol–water partition coefficient (Wildman–Crippen LogP) is 3.71. The molecule has 0 amide bonds. The van der Waals surface area contributed by atoms with Gasteiger partial charge in [-0.25, -0.2) is 9.59 Å². The molecular formula is C19H21NO4. The molecule has 0 N–H and O–H groups in total. The second-order valence-corrected chi connectivity index (χ2v) is 6.96. The number of aryl methyl sites for hydroxylation is 1. The van der Waals surface area contributed by atoms with Crippen molar-refractivity contribution in [3.8, 4) is 0 Å². The molecule has 0 aromatic carbocycles. The molecule has 0 aliphatic rings. The van der Waals surface area contributed by atoms with E-state index in [4.69, 9.17) is 9.47 Å². The summed E-state index contributed by atoms with van der Waals surface area (Å²) < 4.78 is 11.9. The van der Waals surface area contributed by atoms with Gasteiger partial charge in [-0.15, -0.1) is 0 Å². The van der Waals surface area contributed by atoms with Crippen molar-refractivity contribution < 1.29 is 19.1 Å². The van der Waals surface area contributed by atoms with Gasteiger partial charge < -0.3 is 13.9 Å². The first-order valence-corrected chi connectivity index (χ1v) is 7.80. The molecule has 3 rings (SSSR count). The van der Waals surface area contributed by atoms with Crippen molar-refractivity contribution in [1.82, 2.24) is 4.40 Å². The second kappa shape index (κ2) is 5.23. The zero-order valence-electron chi connectivity index (χ0n) is 14.8. The predicted molar refractivity (Wildman–Crippen MR) is 92.2 cm³/mol. The number of nitrogens with zero attached hydrogens (tertiary/aromatic N) is 1. The highest BCUT2D eigenvalue weighted by Gasteiger charge is 2.34. The van der Waals surface area contributed by atoms with Crippen molar-refractivity contribution in [3.63, 3.8) is 0 Å². The molecule has 3 heterocycles. The molecule has 126 valence electrons. The van der Waals surface area contributed by atoms with Crippen LogP contribution in [-0.4, -0.2) is 30.6 Å². The number of rotatable bonds is 2. The van der Waals surface area contributed by atoms with Crippen LogP contribution in [0, 0.1) is 6.92 Å². The van der Waals surface area contributed by atoms with Gasteiger partial charge in [-0.05, 0) is 35.6 Å². The molecule has 3 aromatic heterocycles. The summed E-state index contributed by atoms with van der Waals surface area (Å²) in [5.74, 6) is -1.07. The topological polar surface area (TPSA) is 57.0 Å². The van der Waals surface area contributed by atoms with Crippen molar-refractivity contribution >= 4 is 28.5 Å². The average Bonchev–Trinajstić information content (AvgIpc) is 3.02. The molecule has 0 aliphatic heterocycles.